The van der Waals surface area contributed by atoms with E-state index in [1.807, 2.05) is 0 Å². The second kappa shape index (κ2) is 5.17. The smallest absolute Gasteiger partial charge is 0.196 e. The van der Waals surface area contributed by atoms with Crippen LogP contribution < -0.4 is 10.6 Å². The van der Waals surface area contributed by atoms with E-state index in [4.69, 9.17) is 10.5 Å². The van der Waals surface area contributed by atoms with Crippen LogP contribution in [-0.4, -0.2) is 31.8 Å². The van der Waals surface area contributed by atoms with Crippen molar-refractivity contribution in [2.24, 2.45) is 16.6 Å². The number of aliphatic imine (C=N–C) groups is 1. The molecule has 0 saturated heterocycles. The van der Waals surface area contributed by atoms with E-state index in [9.17, 15) is 4.39 Å². The Morgan fingerprint density at radius 3 is 2.74 bits per heavy atom. The number of rotatable bonds is 4. The van der Waals surface area contributed by atoms with Crippen molar-refractivity contribution >= 4 is 11.6 Å². The molecule has 2 rings (SSSR count). The first kappa shape index (κ1) is 13.8. The summed E-state index contributed by atoms with van der Waals surface area (Å²) in [6.07, 6.45) is 0. The zero-order valence-corrected chi connectivity index (χ0v) is 11.6. The van der Waals surface area contributed by atoms with Gasteiger partial charge in [0.2, 0.25) is 0 Å². The van der Waals surface area contributed by atoms with Gasteiger partial charge in [-0.05, 0) is 18.1 Å². The molecular weight excluding hydrogens is 245 g/mol. The summed E-state index contributed by atoms with van der Waals surface area (Å²) < 4.78 is 19.4. The number of guanidine groups is 1. The van der Waals surface area contributed by atoms with Crippen molar-refractivity contribution in [1.82, 2.24) is 0 Å². The van der Waals surface area contributed by atoms with Crippen molar-refractivity contribution in [2.75, 3.05) is 25.2 Å². The van der Waals surface area contributed by atoms with Gasteiger partial charge in [0, 0.05) is 7.11 Å². The standard InChI is InChI=1S/C14H20FN3O/c1-10(2)14(9-19-3)8-17-13(16)18(14)12-7-5-4-6-11(12)15/h4-7,10H,8-9H2,1-3H3,(H2,16,17). The van der Waals surface area contributed by atoms with Gasteiger partial charge < -0.3 is 10.5 Å². The van der Waals surface area contributed by atoms with Crippen LogP contribution in [0, 0.1) is 11.7 Å². The van der Waals surface area contributed by atoms with E-state index in [1.54, 1.807) is 30.2 Å². The highest BCUT2D eigenvalue weighted by Crippen LogP contribution is 2.35. The third kappa shape index (κ3) is 2.18. The first-order valence-electron chi connectivity index (χ1n) is 6.36. The molecule has 1 unspecified atom stereocenters. The number of anilines is 1. The van der Waals surface area contributed by atoms with Crippen molar-refractivity contribution < 1.29 is 9.13 Å². The fourth-order valence-electron chi connectivity index (χ4n) is 2.55. The molecule has 0 saturated carbocycles. The van der Waals surface area contributed by atoms with Crippen LogP contribution >= 0.6 is 0 Å². The second-order valence-corrected chi connectivity index (χ2v) is 5.15. The quantitative estimate of drug-likeness (QED) is 0.906. The van der Waals surface area contributed by atoms with Gasteiger partial charge in [-0.15, -0.1) is 0 Å². The summed E-state index contributed by atoms with van der Waals surface area (Å²) in [5, 5.41) is 0. The highest BCUT2D eigenvalue weighted by molar-refractivity contribution is 5.98. The number of hydrogen-bond donors (Lipinski definition) is 1. The van der Waals surface area contributed by atoms with E-state index in [0.717, 1.165) is 0 Å². The van der Waals surface area contributed by atoms with Gasteiger partial charge in [-0.25, -0.2) is 4.39 Å². The molecule has 19 heavy (non-hydrogen) atoms. The number of halogens is 1. The molecule has 1 aliphatic rings. The fraction of sp³-hybridized carbons (Fsp3) is 0.500. The van der Waals surface area contributed by atoms with Crippen LogP contribution in [0.2, 0.25) is 0 Å². The molecule has 0 amide bonds. The van der Waals surface area contributed by atoms with Crippen molar-refractivity contribution in [3.8, 4) is 0 Å². The number of ether oxygens (including phenoxy) is 1. The lowest BCUT2D eigenvalue weighted by atomic mass is 9.85. The van der Waals surface area contributed by atoms with E-state index in [-0.39, 0.29) is 11.7 Å². The maximum absolute atomic E-state index is 14.1. The highest BCUT2D eigenvalue weighted by Gasteiger charge is 2.46. The van der Waals surface area contributed by atoms with Crippen LogP contribution in [0.4, 0.5) is 10.1 Å². The molecule has 1 aliphatic heterocycles. The molecule has 0 fully saturated rings. The van der Waals surface area contributed by atoms with Gasteiger partial charge in [0.25, 0.3) is 0 Å². The fourth-order valence-corrected chi connectivity index (χ4v) is 2.55. The van der Waals surface area contributed by atoms with Crippen molar-refractivity contribution in [2.45, 2.75) is 19.4 Å². The minimum Gasteiger partial charge on any atom is -0.382 e. The summed E-state index contributed by atoms with van der Waals surface area (Å²) in [6.45, 7) is 5.10. The lowest BCUT2D eigenvalue weighted by molar-refractivity contribution is 0.115. The predicted octanol–water partition coefficient (Wildman–Crippen LogP) is 2.00. The van der Waals surface area contributed by atoms with Crippen LogP contribution in [0.15, 0.2) is 29.3 Å². The Kier molecular flexibility index (Phi) is 3.75. The lowest BCUT2D eigenvalue weighted by Crippen LogP contribution is -2.58. The Bertz CT molecular complexity index is 489. The molecule has 1 aromatic rings. The monoisotopic (exact) mass is 265 g/mol. The highest BCUT2D eigenvalue weighted by atomic mass is 19.1. The van der Waals surface area contributed by atoms with E-state index >= 15 is 0 Å². The number of nitrogens with zero attached hydrogens (tertiary/aromatic N) is 2. The molecule has 1 aromatic carbocycles. The Labute approximate surface area is 113 Å². The Morgan fingerprint density at radius 2 is 2.16 bits per heavy atom. The summed E-state index contributed by atoms with van der Waals surface area (Å²) in [4.78, 5) is 6.08. The van der Waals surface area contributed by atoms with E-state index < -0.39 is 5.54 Å². The topological polar surface area (TPSA) is 50.9 Å². The molecule has 2 N–H and O–H groups in total. The van der Waals surface area contributed by atoms with Crippen LogP contribution in [-0.2, 0) is 4.74 Å². The zero-order valence-electron chi connectivity index (χ0n) is 11.6. The number of para-hydroxylation sites is 1. The average molecular weight is 265 g/mol. The zero-order chi connectivity index (χ0) is 14.0. The third-order valence-corrected chi connectivity index (χ3v) is 3.75. The Hall–Kier alpha value is -1.62. The molecule has 1 heterocycles. The van der Waals surface area contributed by atoms with Gasteiger partial charge >= 0.3 is 0 Å². The largest absolute Gasteiger partial charge is 0.382 e. The number of nitrogens with two attached hydrogens (primary N) is 1. The minimum atomic E-state index is -0.430. The predicted molar refractivity (Wildman–Crippen MR) is 74.8 cm³/mol. The SMILES string of the molecule is COCC1(C(C)C)CN=C(N)N1c1ccccc1F. The molecular formula is C14H20FN3O. The number of methoxy groups -OCH3 is 1. The van der Waals surface area contributed by atoms with Crippen LogP contribution in [0.25, 0.3) is 0 Å². The third-order valence-electron chi connectivity index (χ3n) is 3.75. The van der Waals surface area contributed by atoms with Gasteiger partial charge in [-0.2, -0.15) is 0 Å². The normalized spacial score (nSPS) is 23.0. The van der Waals surface area contributed by atoms with Crippen molar-refractivity contribution in [3.63, 3.8) is 0 Å². The lowest BCUT2D eigenvalue weighted by Gasteiger charge is -2.42. The molecule has 1 atom stereocenters. The molecule has 0 radical (unpaired) electrons. The molecule has 5 heteroatoms. The summed E-state index contributed by atoms with van der Waals surface area (Å²) >= 11 is 0. The second-order valence-electron chi connectivity index (χ2n) is 5.15. The molecule has 0 bridgehead atoms. The summed E-state index contributed by atoms with van der Waals surface area (Å²) in [7, 11) is 1.64. The summed E-state index contributed by atoms with van der Waals surface area (Å²) in [5.41, 5.74) is 6.00. The molecule has 0 aliphatic carbocycles. The maximum Gasteiger partial charge on any atom is 0.196 e. The first-order valence-corrected chi connectivity index (χ1v) is 6.36. The van der Waals surface area contributed by atoms with Gasteiger partial charge in [0.15, 0.2) is 5.96 Å². The number of benzene rings is 1. The molecule has 4 nitrogen and oxygen atoms in total. The van der Waals surface area contributed by atoms with Gasteiger partial charge in [-0.3, -0.25) is 9.89 Å². The van der Waals surface area contributed by atoms with Gasteiger partial charge in [-0.1, -0.05) is 26.0 Å². The Morgan fingerprint density at radius 1 is 1.47 bits per heavy atom. The summed E-state index contributed by atoms with van der Waals surface area (Å²) in [6, 6.07) is 6.60. The van der Waals surface area contributed by atoms with E-state index in [0.29, 0.717) is 24.8 Å². The number of hydrogen-bond acceptors (Lipinski definition) is 4. The van der Waals surface area contributed by atoms with Crippen LogP contribution in [0.5, 0.6) is 0 Å². The first-order chi connectivity index (χ1) is 9.03. The molecule has 0 aromatic heterocycles. The summed E-state index contributed by atoms with van der Waals surface area (Å²) in [5.74, 6) is 0.261. The van der Waals surface area contributed by atoms with E-state index in [2.05, 4.69) is 18.8 Å². The van der Waals surface area contributed by atoms with Gasteiger partial charge in [0.05, 0.1) is 24.4 Å². The van der Waals surface area contributed by atoms with Crippen LogP contribution in [0.1, 0.15) is 13.8 Å². The van der Waals surface area contributed by atoms with Gasteiger partial charge in [0.1, 0.15) is 5.82 Å². The van der Waals surface area contributed by atoms with E-state index in [1.165, 1.54) is 6.07 Å². The van der Waals surface area contributed by atoms with Crippen molar-refractivity contribution in [3.05, 3.63) is 30.1 Å². The maximum atomic E-state index is 14.1. The Balaban J connectivity index is 2.50. The van der Waals surface area contributed by atoms with Crippen molar-refractivity contribution in [1.29, 1.82) is 0 Å². The molecule has 0 spiro atoms. The molecule has 104 valence electrons. The minimum absolute atomic E-state index is 0.219. The van der Waals surface area contributed by atoms with Crippen LogP contribution in [0.3, 0.4) is 0 Å². The average Bonchev–Trinajstić information content (AvgIpc) is 2.69.